The molecule has 0 heterocycles. The van der Waals surface area contributed by atoms with Gasteiger partial charge in [0, 0.05) is 23.1 Å². The van der Waals surface area contributed by atoms with E-state index in [0.29, 0.717) is 5.92 Å². The average Bonchev–Trinajstić information content (AvgIpc) is 3.58. The fourth-order valence-electron chi connectivity index (χ4n) is 3.56. The summed E-state index contributed by atoms with van der Waals surface area (Å²) in [6, 6.07) is 21.9. The molecule has 158 valence electrons. The summed E-state index contributed by atoms with van der Waals surface area (Å²) in [6.07, 6.45) is 0.980. The third-order valence-electron chi connectivity index (χ3n) is 5.37. The molecule has 6 nitrogen and oxygen atoms in total. The van der Waals surface area contributed by atoms with E-state index in [4.69, 9.17) is 21.2 Å². The number of non-ortho nitro benzene ring substituents is 1. The van der Waals surface area contributed by atoms with Crippen LogP contribution in [0.4, 0.5) is 5.69 Å². The summed E-state index contributed by atoms with van der Waals surface area (Å²) >= 11 is 6.02. The number of hydrogen-bond acceptors (Lipinski definition) is 5. The van der Waals surface area contributed by atoms with Crippen molar-refractivity contribution in [3.63, 3.8) is 0 Å². The molecule has 0 spiro atoms. The number of halogens is 1. The molecule has 3 aromatic carbocycles. The Bertz CT molecular complexity index is 1080. The van der Waals surface area contributed by atoms with Gasteiger partial charge in [-0.05, 0) is 77.6 Å². The first-order valence-corrected chi connectivity index (χ1v) is 10.3. The van der Waals surface area contributed by atoms with E-state index in [0.717, 1.165) is 34.0 Å². The minimum Gasteiger partial charge on any atom is -0.497 e. The smallest absolute Gasteiger partial charge is 0.269 e. The van der Waals surface area contributed by atoms with Gasteiger partial charge in [0.1, 0.15) is 12.4 Å². The molecule has 0 N–H and O–H groups in total. The van der Waals surface area contributed by atoms with Gasteiger partial charge in [0.05, 0.1) is 17.7 Å². The van der Waals surface area contributed by atoms with Crippen LogP contribution in [-0.4, -0.2) is 17.7 Å². The molecule has 0 aromatic heterocycles. The molecule has 2 atom stereocenters. The molecular weight excluding hydrogens is 416 g/mol. The maximum atomic E-state index is 10.8. The second kappa shape index (κ2) is 9.18. The average molecular weight is 437 g/mol. The Morgan fingerprint density at radius 1 is 1.06 bits per heavy atom. The minimum absolute atomic E-state index is 0.0509. The number of rotatable bonds is 8. The van der Waals surface area contributed by atoms with E-state index in [-0.39, 0.29) is 18.2 Å². The zero-order chi connectivity index (χ0) is 21.8. The highest BCUT2D eigenvalue weighted by Crippen LogP contribution is 2.49. The second-order valence-electron chi connectivity index (χ2n) is 7.40. The number of methoxy groups -OCH3 is 1. The zero-order valence-corrected chi connectivity index (χ0v) is 17.7. The molecule has 0 bridgehead atoms. The van der Waals surface area contributed by atoms with Crippen molar-refractivity contribution in [1.82, 2.24) is 0 Å². The van der Waals surface area contributed by atoms with Gasteiger partial charge in [-0.25, -0.2) is 0 Å². The van der Waals surface area contributed by atoms with Crippen molar-refractivity contribution < 1.29 is 14.5 Å². The third-order valence-corrected chi connectivity index (χ3v) is 5.62. The molecule has 2 unspecified atom stereocenters. The third kappa shape index (κ3) is 5.03. The van der Waals surface area contributed by atoms with Gasteiger partial charge in [0.25, 0.3) is 5.69 Å². The molecule has 1 saturated carbocycles. The van der Waals surface area contributed by atoms with Crippen LogP contribution in [0.15, 0.2) is 78.0 Å². The van der Waals surface area contributed by atoms with Crippen LogP contribution in [0.1, 0.15) is 29.0 Å². The lowest BCUT2D eigenvalue weighted by Gasteiger charge is -2.09. The highest BCUT2D eigenvalue weighted by molar-refractivity contribution is 6.30. The Hall–Kier alpha value is -3.38. The van der Waals surface area contributed by atoms with Gasteiger partial charge in [-0.1, -0.05) is 28.9 Å². The molecule has 4 rings (SSSR count). The number of benzene rings is 3. The lowest BCUT2D eigenvalue weighted by molar-refractivity contribution is -0.384. The highest BCUT2D eigenvalue weighted by atomic mass is 35.5. The summed E-state index contributed by atoms with van der Waals surface area (Å²) in [5, 5.41) is 16.0. The Balaban J connectivity index is 1.52. The van der Waals surface area contributed by atoms with Crippen molar-refractivity contribution in [2.45, 2.75) is 18.9 Å². The molecule has 1 aliphatic carbocycles. The van der Waals surface area contributed by atoms with Crippen LogP contribution < -0.4 is 4.74 Å². The Morgan fingerprint density at radius 2 is 1.74 bits per heavy atom. The number of hydrogen-bond donors (Lipinski definition) is 0. The molecule has 7 heteroatoms. The lowest BCUT2D eigenvalue weighted by atomic mass is 10.0. The van der Waals surface area contributed by atoms with Crippen LogP contribution in [-0.2, 0) is 11.4 Å². The van der Waals surface area contributed by atoms with E-state index in [1.807, 2.05) is 36.4 Å². The molecule has 1 aliphatic rings. The van der Waals surface area contributed by atoms with Crippen LogP contribution in [0.5, 0.6) is 5.75 Å². The Morgan fingerprint density at radius 3 is 2.35 bits per heavy atom. The van der Waals surface area contributed by atoms with Gasteiger partial charge >= 0.3 is 0 Å². The monoisotopic (exact) mass is 436 g/mol. The van der Waals surface area contributed by atoms with Crippen molar-refractivity contribution in [3.8, 4) is 5.75 Å². The SMILES string of the molecule is COc1ccc(C(=NOCc2ccc([N+](=O)[O-])cc2)C2CC2c2ccc(Cl)cc2)cc1. The van der Waals surface area contributed by atoms with Gasteiger partial charge in [-0.2, -0.15) is 0 Å². The van der Waals surface area contributed by atoms with Crippen molar-refractivity contribution in [2.24, 2.45) is 11.1 Å². The maximum absolute atomic E-state index is 10.8. The Labute approximate surface area is 185 Å². The number of nitrogens with zero attached hydrogens (tertiary/aromatic N) is 2. The van der Waals surface area contributed by atoms with Crippen molar-refractivity contribution in [1.29, 1.82) is 0 Å². The van der Waals surface area contributed by atoms with Crippen LogP contribution in [0, 0.1) is 16.0 Å². The first-order chi connectivity index (χ1) is 15.0. The Kier molecular flexibility index (Phi) is 6.18. The van der Waals surface area contributed by atoms with E-state index in [2.05, 4.69) is 17.3 Å². The van der Waals surface area contributed by atoms with E-state index >= 15 is 0 Å². The van der Waals surface area contributed by atoms with Gasteiger partial charge in [-0.15, -0.1) is 0 Å². The maximum Gasteiger partial charge on any atom is 0.269 e. The topological polar surface area (TPSA) is 74.0 Å². The molecule has 1 fully saturated rings. The van der Waals surface area contributed by atoms with Crippen molar-refractivity contribution >= 4 is 23.0 Å². The summed E-state index contributed by atoms with van der Waals surface area (Å²) in [6.45, 7) is 0.232. The predicted molar refractivity (Wildman–Crippen MR) is 120 cm³/mol. The van der Waals surface area contributed by atoms with Crippen LogP contribution in [0.2, 0.25) is 5.02 Å². The molecule has 0 radical (unpaired) electrons. The summed E-state index contributed by atoms with van der Waals surface area (Å²) in [4.78, 5) is 16.0. The highest BCUT2D eigenvalue weighted by Gasteiger charge is 2.43. The number of oxime groups is 1. The van der Waals surface area contributed by atoms with E-state index in [1.54, 1.807) is 19.2 Å². The molecule has 0 amide bonds. The zero-order valence-electron chi connectivity index (χ0n) is 16.9. The largest absolute Gasteiger partial charge is 0.497 e. The number of nitro benzene ring substituents is 1. The van der Waals surface area contributed by atoms with Crippen LogP contribution >= 0.6 is 11.6 Å². The number of ether oxygens (including phenoxy) is 1. The standard InChI is InChI=1S/C24H21ClN2O4/c1-30-21-12-6-18(7-13-21)24(23-14-22(23)17-4-8-19(25)9-5-17)26-31-15-16-2-10-20(11-3-16)27(28)29/h2-13,22-23H,14-15H2,1H3. The normalized spacial score (nSPS) is 17.8. The molecule has 31 heavy (non-hydrogen) atoms. The van der Waals surface area contributed by atoms with E-state index in [1.165, 1.54) is 17.7 Å². The lowest BCUT2D eigenvalue weighted by Crippen LogP contribution is -2.07. The van der Waals surface area contributed by atoms with Crippen molar-refractivity contribution in [2.75, 3.05) is 7.11 Å². The number of nitro groups is 1. The fraction of sp³-hybridized carbons (Fsp3) is 0.208. The fourth-order valence-corrected chi connectivity index (χ4v) is 3.69. The minimum atomic E-state index is -0.422. The molecule has 3 aromatic rings. The first kappa shape index (κ1) is 20.9. The van der Waals surface area contributed by atoms with Gasteiger partial charge < -0.3 is 9.57 Å². The first-order valence-electron chi connectivity index (χ1n) is 9.88. The van der Waals surface area contributed by atoms with E-state index in [9.17, 15) is 10.1 Å². The van der Waals surface area contributed by atoms with Crippen molar-refractivity contribution in [3.05, 3.63) is 105 Å². The van der Waals surface area contributed by atoms with E-state index < -0.39 is 4.92 Å². The van der Waals surface area contributed by atoms with Gasteiger partial charge in [-0.3, -0.25) is 10.1 Å². The van der Waals surface area contributed by atoms with Gasteiger partial charge in [0.2, 0.25) is 0 Å². The van der Waals surface area contributed by atoms with Gasteiger partial charge in [0.15, 0.2) is 0 Å². The quantitative estimate of drug-likeness (QED) is 0.247. The second-order valence-corrected chi connectivity index (χ2v) is 7.84. The summed E-state index contributed by atoms with van der Waals surface area (Å²) in [5.41, 5.74) is 3.95. The summed E-state index contributed by atoms with van der Waals surface area (Å²) < 4.78 is 5.26. The van der Waals surface area contributed by atoms with Crippen LogP contribution in [0.25, 0.3) is 0 Å². The summed E-state index contributed by atoms with van der Waals surface area (Å²) in [7, 11) is 1.63. The van der Waals surface area contributed by atoms with Crippen LogP contribution in [0.3, 0.4) is 0 Å². The summed E-state index contributed by atoms with van der Waals surface area (Å²) in [5.74, 6) is 1.38. The predicted octanol–water partition coefficient (Wildman–Crippen LogP) is 5.98. The molecular formula is C24H21ClN2O4. The molecule has 0 saturated heterocycles. The molecule has 0 aliphatic heterocycles.